The van der Waals surface area contributed by atoms with Crippen molar-refractivity contribution in [2.45, 2.75) is 58.4 Å². The summed E-state index contributed by atoms with van der Waals surface area (Å²) in [5, 5.41) is 3.93. The molecule has 1 spiro atoms. The number of hydrogen-bond acceptors (Lipinski definition) is 5. The fraction of sp³-hybridized carbons (Fsp3) is 0.722. The van der Waals surface area contributed by atoms with Crippen molar-refractivity contribution >= 4 is 11.8 Å². The molecule has 1 unspecified atom stereocenters. The van der Waals surface area contributed by atoms with Gasteiger partial charge in [-0.3, -0.25) is 9.59 Å². The van der Waals surface area contributed by atoms with Crippen molar-refractivity contribution in [3.63, 3.8) is 0 Å². The average Bonchev–Trinajstić information content (AvgIpc) is 2.91. The normalized spacial score (nSPS) is 23.0. The van der Waals surface area contributed by atoms with E-state index in [4.69, 9.17) is 15.0 Å². The molecule has 2 saturated heterocycles. The lowest BCUT2D eigenvalue weighted by Gasteiger charge is -2.50. The Kier molecular flexibility index (Phi) is 5.13. The van der Waals surface area contributed by atoms with Crippen LogP contribution in [-0.4, -0.2) is 47.7 Å². The molecule has 3 rings (SSSR count). The van der Waals surface area contributed by atoms with E-state index in [1.165, 1.54) is 0 Å². The molecule has 138 valence electrons. The van der Waals surface area contributed by atoms with Crippen molar-refractivity contribution in [1.29, 1.82) is 0 Å². The molecule has 1 aromatic rings. The van der Waals surface area contributed by atoms with Crippen LogP contribution in [0.25, 0.3) is 0 Å². The number of aromatic nitrogens is 1. The number of hydrogen-bond donors (Lipinski definition) is 1. The topological polar surface area (TPSA) is 98.7 Å². The van der Waals surface area contributed by atoms with Gasteiger partial charge in [-0.25, -0.2) is 0 Å². The molecule has 1 aromatic heterocycles. The van der Waals surface area contributed by atoms with Gasteiger partial charge in [-0.15, -0.1) is 0 Å². The van der Waals surface area contributed by atoms with E-state index < -0.39 is 11.9 Å². The Morgan fingerprint density at radius 2 is 2.00 bits per heavy atom. The molecular formula is C18H27N3O4. The van der Waals surface area contributed by atoms with Crippen LogP contribution in [0.1, 0.15) is 49.1 Å². The van der Waals surface area contributed by atoms with Crippen LogP contribution in [-0.2, 0) is 20.7 Å². The van der Waals surface area contributed by atoms with Gasteiger partial charge in [0.05, 0.1) is 5.69 Å². The van der Waals surface area contributed by atoms with E-state index in [1.54, 1.807) is 4.90 Å². The molecule has 2 amide bonds. The van der Waals surface area contributed by atoms with E-state index in [-0.39, 0.29) is 11.3 Å². The molecule has 0 radical (unpaired) electrons. The molecule has 3 heterocycles. The predicted octanol–water partition coefficient (Wildman–Crippen LogP) is 1.50. The van der Waals surface area contributed by atoms with Crippen LogP contribution in [0.2, 0.25) is 0 Å². The average molecular weight is 349 g/mol. The van der Waals surface area contributed by atoms with Gasteiger partial charge in [-0.05, 0) is 46.0 Å². The third-order valence-electron chi connectivity index (χ3n) is 5.81. The highest BCUT2D eigenvalue weighted by Gasteiger charge is 2.49. The zero-order valence-corrected chi connectivity index (χ0v) is 15.0. The zero-order chi connectivity index (χ0) is 18.0. The maximum atomic E-state index is 12.9. The number of ether oxygens (including phenoxy) is 1. The fourth-order valence-corrected chi connectivity index (χ4v) is 4.46. The zero-order valence-electron chi connectivity index (χ0n) is 15.0. The van der Waals surface area contributed by atoms with Crippen LogP contribution in [0.3, 0.4) is 0 Å². The van der Waals surface area contributed by atoms with E-state index >= 15 is 0 Å². The Labute approximate surface area is 147 Å². The molecule has 0 bridgehead atoms. The summed E-state index contributed by atoms with van der Waals surface area (Å²) in [5.41, 5.74) is 7.31. The highest BCUT2D eigenvalue weighted by molar-refractivity contribution is 5.87. The minimum absolute atomic E-state index is 0.0191. The predicted molar refractivity (Wildman–Crippen MR) is 90.7 cm³/mol. The maximum absolute atomic E-state index is 12.9. The van der Waals surface area contributed by atoms with Crippen LogP contribution in [0.5, 0.6) is 0 Å². The summed E-state index contributed by atoms with van der Waals surface area (Å²) in [7, 11) is 0. The second-order valence-corrected chi connectivity index (χ2v) is 7.27. The van der Waals surface area contributed by atoms with Gasteiger partial charge in [0.25, 0.3) is 0 Å². The quantitative estimate of drug-likeness (QED) is 0.888. The number of nitrogens with zero attached hydrogens (tertiary/aromatic N) is 2. The van der Waals surface area contributed by atoms with Crippen molar-refractivity contribution in [3.05, 3.63) is 17.0 Å². The van der Waals surface area contributed by atoms with Crippen LogP contribution >= 0.6 is 0 Å². The van der Waals surface area contributed by atoms with Gasteiger partial charge in [-0.2, -0.15) is 0 Å². The summed E-state index contributed by atoms with van der Waals surface area (Å²) >= 11 is 0. The maximum Gasteiger partial charge on any atom is 0.240 e. The highest BCUT2D eigenvalue weighted by atomic mass is 16.5. The first-order valence-corrected chi connectivity index (χ1v) is 9.03. The Morgan fingerprint density at radius 1 is 1.28 bits per heavy atom. The van der Waals surface area contributed by atoms with Crippen LogP contribution in [0.4, 0.5) is 0 Å². The molecule has 1 atom stereocenters. The van der Waals surface area contributed by atoms with E-state index in [0.29, 0.717) is 32.6 Å². The number of likely N-dealkylation sites (tertiary alicyclic amines) is 1. The van der Waals surface area contributed by atoms with Crippen molar-refractivity contribution in [3.8, 4) is 0 Å². The standard InChI is InChI=1S/C18H27N3O4/c1-12-14(13(2)25-20-12)4-5-15(22)21-9-3-6-18(16(21)17(19)23)7-10-24-11-8-18/h16H,3-11H2,1-2H3,(H2,19,23). The van der Waals surface area contributed by atoms with Crippen LogP contribution in [0.15, 0.2) is 4.52 Å². The van der Waals surface area contributed by atoms with Crippen molar-refractivity contribution in [2.24, 2.45) is 11.1 Å². The number of rotatable bonds is 4. The molecule has 2 aliphatic rings. The Bertz CT molecular complexity index is 624. The van der Waals surface area contributed by atoms with Crippen molar-refractivity contribution in [1.82, 2.24) is 10.1 Å². The van der Waals surface area contributed by atoms with E-state index in [9.17, 15) is 9.59 Å². The lowest BCUT2D eigenvalue weighted by atomic mass is 9.67. The Morgan fingerprint density at radius 3 is 2.60 bits per heavy atom. The first kappa shape index (κ1) is 17.9. The molecule has 2 N–H and O–H groups in total. The van der Waals surface area contributed by atoms with Gasteiger partial charge in [0, 0.05) is 37.2 Å². The number of piperidine rings is 1. The van der Waals surface area contributed by atoms with E-state index in [2.05, 4.69) is 5.16 Å². The summed E-state index contributed by atoms with van der Waals surface area (Å²) < 4.78 is 10.6. The number of carbonyl (C=O) groups is 2. The lowest BCUT2D eigenvalue weighted by Crippen LogP contribution is -2.61. The monoisotopic (exact) mass is 349 g/mol. The number of amides is 2. The lowest BCUT2D eigenvalue weighted by molar-refractivity contribution is -0.153. The number of primary amides is 1. The first-order valence-electron chi connectivity index (χ1n) is 9.03. The summed E-state index contributed by atoms with van der Waals surface area (Å²) in [6, 6.07) is -0.526. The third kappa shape index (κ3) is 3.42. The largest absolute Gasteiger partial charge is 0.381 e. The molecule has 0 aromatic carbocycles. The van der Waals surface area contributed by atoms with Crippen LogP contribution in [0, 0.1) is 19.3 Å². The molecule has 7 nitrogen and oxygen atoms in total. The summed E-state index contributed by atoms with van der Waals surface area (Å²) in [6.07, 6.45) is 4.30. The summed E-state index contributed by atoms with van der Waals surface area (Å²) in [5.74, 6) is 0.331. The number of aryl methyl sites for hydroxylation is 2. The molecular weight excluding hydrogens is 322 g/mol. The molecule has 2 fully saturated rings. The first-order chi connectivity index (χ1) is 11.9. The van der Waals surface area contributed by atoms with E-state index in [1.807, 2.05) is 13.8 Å². The molecule has 2 aliphatic heterocycles. The Balaban J connectivity index is 1.74. The van der Waals surface area contributed by atoms with E-state index in [0.717, 1.165) is 42.7 Å². The number of nitrogens with two attached hydrogens (primary N) is 1. The SMILES string of the molecule is Cc1noc(C)c1CCC(=O)N1CCCC2(CCOCC2)C1C(N)=O. The van der Waals surface area contributed by atoms with Gasteiger partial charge >= 0.3 is 0 Å². The van der Waals surface area contributed by atoms with Crippen molar-refractivity contribution < 1.29 is 18.8 Å². The van der Waals surface area contributed by atoms with Gasteiger partial charge in [-0.1, -0.05) is 5.16 Å². The van der Waals surface area contributed by atoms with Gasteiger partial charge in [0.15, 0.2) is 0 Å². The second kappa shape index (κ2) is 7.15. The minimum Gasteiger partial charge on any atom is -0.381 e. The third-order valence-corrected chi connectivity index (χ3v) is 5.81. The minimum atomic E-state index is -0.526. The molecule has 25 heavy (non-hydrogen) atoms. The van der Waals surface area contributed by atoms with Crippen molar-refractivity contribution in [2.75, 3.05) is 19.8 Å². The van der Waals surface area contributed by atoms with Gasteiger partial charge in [0.2, 0.25) is 11.8 Å². The number of carbonyl (C=O) groups excluding carboxylic acids is 2. The molecule has 0 aliphatic carbocycles. The van der Waals surface area contributed by atoms with Gasteiger partial charge < -0.3 is 19.9 Å². The Hall–Kier alpha value is -1.89. The smallest absolute Gasteiger partial charge is 0.240 e. The molecule has 7 heteroatoms. The van der Waals surface area contributed by atoms with Crippen LogP contribution < -0.4 is 5.73 Å². The fourth-order valence-electron chi connectivity index (χ4n) is 4.46. The highest BCUT2D eigenvalue weighted by Crippen LogP contribution is 2.44. The second-order valence-electron chi connectivity index (χ2n) is 7.27. The molecule has 0 saturated carbocycles. The summed E-state index contributed by atoms with van der Waals surface area (Å²) in [4.78, 5) is 26.9. The summed E-state index contributed by atoms with van der Waals surface area (Å²) in [6.45, 7) is 5.58. The van der Waals surface area contributed by atoms with Gasteiger partial charge in [0.1, 0.15) is 11.8 Å².